The first kappa shape index (κ1) is 13.5. The van der Waals surface area contributed by atoms with E-state index >= 15 is 0 Å². The van der Waals surface area contributed by atoms with Crippen LogP contribution in [0.2, 0.25) is 0 Å². The molecule has 0 unspecified atom stereocenters. The average Bonchev–Trinajstić information content (AvgIpc) is 2.93. The fourth-order valence-corrected chi connectivity index (χ4v) is 1.73. The molecule has 0 bridgehead atoms. The number of hydrogen-bond donors (Lipinski definition) is 0. The van der Waals surface area contributed by atoms with Gasteiger partial charge in [-0.3, -0.25) is 0 Å². The second kappa shape index (κ2) is 7.48. The highest BCUT2D eigenvalue weighted by molar-refractivity contribution is 5.20. The van der Waals surface area contributed by atoms with Gasteiger partial charge in [0.05, 0.1) is 0 Å². The predicted octanol–water partition coefficient (Wildman–Crippen LogP) is 1.07. The van der Waals surface area contributed by atoms with Gasteiger partial charge in [0, 0.05) is 13.1 Å². The minimum Gasteiger partial charge on any atom is -0.492 e. The lowest BCUT2D eigenvalue weighted by Crippen LogP contribution is -2.26. The molecule has 0 aliphatic rings. The SMILES string of the molecule is CN(CCCn1cnnn1)CCOc1ccccc1. The summed E-state index contributed by atoms with van der Waals surface area (Å²) < 4.78 is 7.39. The fraction of sp³-hybridized carbons (Fsp3) is 0.462. The van der Waals surface area contributed by atoms with Gasteiger partial charge in [-0.05, 0) is 42.6 Å². The number of nitrogens with zero attached hydrogens (tertiary/aromatic N) is 5. The maximum atomic E-state index is 5.65. The molecule has 0 fully saturated rings. The van der Waals surface area contributed by atoms with Crippen molar-refractivity contribution in [2.45, 2.75) is 13.0 Å². The predicted molar refractivity (Wildman–Crippen MR) is 71.9 cm³/mol. The molecule has 1 heterocycles. The summed E-state index contributed by atoms with van der Waals surface area (Å²) in [5, 5.41) is 11.0. The molecule has 0 aliphatic heterocycles. The Labute approximate surface area is 113 Å². The van der Waals surface area contributed by atoms with Gasteiger partial charge in [0.15, 0.2) is 0 Å². The van der Waals surface area contributed by atoms with Gasteiger partial charge < -0.3 is 9.64 Å². The highest BCUT2D eigenvalue weighted by Gasteiger charge is 2.00. The second-order valence-corrected chi connectivity index (χ2v) is 4.39. The van der Waals surface area contributed by atoms with Gasteiger partial charge in [0.1, 0.15) is 18.7 Å². The minimum atomic E-state index is 0.700. The van der Waals surface area contributed by atoms with Gasteiger partial charge in [-0.15, -0.1) is 5.10 Å². The summed E-state index contributed by atoms with van der Waals surface area (Å²) in [6, 6.07) is 9.88. The van der Waals surface area contributed by atoms with E-state index in [-0.39, 0.29) is 0 Å². The maximum absolute atomic E-state index is 5.65. The van der Waals surface area contributed by atoms with Gasteiger partial charge in [0.25, 0.3) is 0 Å². The number of hydrogen-bond acceptors (Lipinski definition) is 5. The summed E-state index contributed by atoms with van der Waals surface area (Å²) in [6.07, 6.45) is 2.66. The van der Waals surface area contributed by atoms with Gasteiger partial charge in [-0.2, -0.15) is 0 Å². The number of benzene rings is 1. The Morgan fingerprint density at radius 3 is 2.79 bits per heavy atom. The van der Waals surface area contributed by atoms with Gasteiger partial charge in [-0.25, -0.2) is 4.68 Å². The van der Waals surface area contributed by atoms with Crippen LogP contribution in [0.5, 0.6) is 5.75 Å². The van der Waals surface area contributed by atoms with Crippen molar-refractivity contribution in [3.05, 3.63) is 36.7 Å². The minimum absolute atomic E-state index is 0.700. The normalized spacial score (nSPS) is 10.8. The number of aromatic nitrogens is 4. The van der Waals surface area contributed by atoms with E-state index in [4.69, 9.17) is 4.74 Å². The molecule has 0 spiro atoms. The van der Waals surface area contributed by atoms with Crippen LogP contribution in [0.4, 0.5) is 0 Å². The molecule has 0 radical (unpaired) electrons. The zero-order valence-corrected chi connectivity index (χ0v) is 11.1. The van der Waals surface area contributed by atoms with Crippen LogP contribution in [-0.4, -0.2) is 51.9 Å². The molecule has 1 aromatic carbocycles. The third-order valence-corrected chi connectivity index (χ3v) is 2.80. The first-order valence-corrected chi connectivity index (χ1v) is 6.42. The van der Waals surface area contributed by atoms with Crippen molar-refractivity contribution in [1.82, 2.24) is 25.1 Å². The van der Waals surface area contributed by atoms with E-state index in [0.29, 0.717) is 6.61 Å². The van der Waals surface area contributed by atoms with Crippen LogP contribution in [0.15, 0.2) is 36.7 Å². The van der Waals surface area contributed by atoms with Crippen LogP contribution in [0, 0.1) is 0 Å². The lowest BCUT2D eigenvalue weighted by molar-refractivity contribution is 0.233. The largest absolute Gasteiger partial charge is 0.492 e. The Bertz CT molecular complexity index is 445. The number of likely N-dealkylation sites (N-methyl/N-ethyl adjacent to an activating group) is 1. The van der Waals surface area contributed by atoms with E-state index in [1.165, 1.54) is 0 Å². The Morgan fingerprint density at radius 1 is 1.21 bits per heavy atom. The van der Waals surface area contributed by atoms with Crippen LogP contribution in [-0.2, 0) is 6.54 Å². The van der Waals surface area contributed by atoms with E-state index in [9.17, 15) is 0 Å². The zero-order valence-electron chi connectivity index (χ0n) is 11.1. The molecule has 2 rings (SSSR count). The molecular weight excluding hydrogens is 242 g/mol. The maximum Gasteiger partial charge on any atom is 0.138 e. The summed E-state index contributed by atoms with van der Waals surface area (Å²) in [4.78, 5) is 2.24. The van der Waals surface area contributed by atoms with E-state index in [1.54, 1.807) is 11.0 Å². The highest BCUT2D eigenvalue weighted by Crippen LogP contribution is 2.07. The van der Waals surface area contributed by atoms with Crippen molar-refractivity contribution < 1.29 is 4.74 Å². The summed E-state index contributed by atoms with van der Waals surface area (Å²) in [5.41, 5.74) is 0. The standard InChI is InChI=1S/C13H19N5O/c1-17(8-5-9-18-12-14-15-16-18)10-11-19-13-6-3-2-4-7-13/h2-4,6-7,12H,5,8-11H2,1H3. The Kier molecular flexibility index (Phi) is 5.31. The van der Waals surface area contributed by atoms with Gasteiger partial charge in [0.2, 0.25) is 0 Å². The molecule has 1 aromatic heterocycles. The van der Waals surface area contributed by atoms with Gasteiger partial charge >= 0.3 is 0 Å². The number of ether oxygens (including phenoxy) is 1. The first-order chi connectivity index (χ1) is 9.34. The molecule has 0 N–H and O–H groups in total. The van der Waals surface area contributed by atoms with Crippen LogP contribution in [0.1, 0.15) is 6.42 Å². The van der Waals surface area contributed by atoms with Crippen LogP contribution in [0.3, 0.4) is 0 Å². The van der Waals surface area contributed by atoms with Crippen molar-refractivity contribution in [2.24, 2.45) is 0 Å². The van der Waals surface area contributed by atoms with Crippen molar-refractivity contribution in [3.8, 4) is 5.75 Å². The van der Waals surface area contributed by atoms with E-state index in [1.807, 2.05) is 30.3 Å². The van der Waals surface area contributed by atoms with E-state index in [0.717, 1.165) is 31.8 Å². The highest BCUT2D eigenvalue weighted by atomic mass is 16.5. The Morgan fingerprint density at radius 2 is 2.05 bits per heavy atom. The molecular formula is C13H19N5O. The summed E-state index contributed by atoms with van der Waals surface area (Å²) in [5.74, 6) is 0.921. The lowest BCUT2D eigenvalue weighted by atomic mass is 10.3. The van der Waals surface area contributed by atoms with Crippen LogP contribution in [0.25, 0.3) is 0 Å². The number of para-hydroxylation sites is 1. The molecule has 0 atom stereocenters. The zero-order chi connectivity index (χ0) is 13.3. The summed E-state index contributed by atoms with van der Waals surface area (Å²) >= 11 is 0. The number of rotatable bonds is 8. The second-order valence-electron chi connectivity index (χ2n) is 4.39. The Balaban J connectivity index is 1.56. The molecule has 0 amide bonds. The smallest absolute Gasteiger partial charge is 0.138 e. The third kappa shape index (κ3) is 5.05. The van der Waals surface area contributed by atoms with E-state index in [2.05, 4.69) is 27.5 Å². The average molecular weight is 261 g/mol. The molecule has 6 nitrogen and oxygen atoms in total. The topological polar surface area (TPSA) is 56.1 Å². The van der Waals surface area contributed by atoms with E-state index < -0.39 is 0 Å². The van der Waals surface area contributed by atoms with Crippen LogP contribution >= 0.6 is 0 Å². The summed E-state index contributed by atoms with van der Waals surface area (Å²) in [7, 11) is 2.09. The molecule has 0 aliphatic carbocycles. The molecule has 0 saturated heterocycles. The van der Waals surface area contributed by atoms with Crippen molar-refractivity contribution in [3.63, 3.8) is 0 Å². The van der Waals surface area contributed by atoms with Crippen LogP contribution < -0.4 is 4.74 Å². The molecule has 0 saturated carbocycles. The van der Waals surface area contributed by atoms with Crippen molar-refractivity contribution >= 4 is 0 Å². The first-order valence-electron chi connectivity index (χ1n) is 6.42. The van der Waals surface area contributed by atoms with Gasteiger partial charge in [-0.1, -0.05) is 18.2 Å². The van der Waals surface area contributed by atoms with Crippen molar-refractivity contribution in [2.75, 3.05) is 26.7 Å². The number of tetrazole rings is 1. The number of aryl methyl sites for hydroxylation is 1. The molecule has 102 valence electrons. The molecule has 2 aromatic rings. The quantitative estimate of drug-likeness (QED) is 0.711. The molecule has 6 heteroatoms. The monoisotopic (exact) mass is 261 g/mol. The fourth-order valence-electron chi connectivity index (χ4n) is 1.73. The third-order valence-electron chi connectivity index (χ3n) is 2.80. The lowest BCUT2D eigenvalue weighted by Gasteiger charge is -2.16. The Hall–Kier alpha value is -1.95. The molecule has 19 heavy (non-hydrogen) atoms. The van der Waals surface area contributed by atoms with Crippen molar-refractivity contribution in [1.29, 1.82) is 0 Å². The summed E-state index contributed by atoms with van der Waals surface area (Å²) in [6.45, 7) is 3.45.